The Labute approximate surface area is 127 Å². The van der Waals surface area contributed by atoms with Crippen LogP contribution in [0.4, 0.5) is 0 Å². The first-order chi connectivity index (χ1) is 9.44. The van der Waals surface area contributed by atoms with Crippen LogP contribution in [0.5, 0.6) is 0 Å². The first-order valence-corrected chi connectivity index (χ1v) is 9.37. The number of H-pyrrole nitrogens is 1. The molecule has 2 N–H and O–H groups in total. The highest BCUT2D eigenvalue weighted by molar-refractivity contribution is 8.00. The van der Waals surface area contributed by atoms with E-state index in [0.717, 1.165) is 25.0 Å². The molecule has 2 unspecified atom stereocenters. The fraction of sp³-hybridized carbons (Fsp3) is 0.583. The van der Waals surface area contributed by atoms with Gasteiger partial charge in [-0.15, -0.1) is 0 Å². The molecule has 0 radical (unpaired) electrons. The van der Waals surface area contributed by atoms with Gasteiger partial charge < -0.3 is 4.98 Å². The first kappa shape index (κ1) is 15.9. The van der Waals surface area contributed by atoms with Crippen molar-refractivity contribution in [1.82, 2.24) is 9.71 Å². The minimum atomic E-state index is -3.65. The summed E-state index contributed by atoms with van der Waals surface area (Å²) in [5.41, 5.74) is -0.495. The minimum absolute atomic E-state index is 0.00533. The van der Waals surface area contributed by atoms with Gasteiger partial charge in [0.05, 0.1) is 4.90 Å². The van der Waals surface area contributed by atoms with Crippen molar-refractivity contribution in [2.45, 2.75) is 42.4 Å². The van der Waals surface area contributed by atoms with E-state index >= 15 is 0 Å². The van der Waals surface area contributed by atoms with Crippen LogP contribution in [0, 0.1) is 0 Å². The molecule has 0 spiro atoms. The molecule has 0 aromatic carbocycles. The lowest BCUT2D eigenvalue weighted by molar-refractivity contribution is 0.554. The van der Waals surface area contributed by atoms with Crippen LogP contribution in [-0.2, 0) is 10.0 Å². The smallest absolute Gasteiger partial charge is 0.266 e. The molecule has 1 aliphatic rings. The molecule has 1 aromatic rings. The Morgan fingerprint density at radius 2 is 2.25 bits per heavy atom. The number of thioether (sulfide) groups is 1. The molecular weight excluding hydrogens is 320 g/mol. The first-order valence-electron chi connectivity index (χ1n) is 6.46. The van der Waals surface area contributed by atoms with E-state index < -0.39 is 15.6 Å². The number of aromatic amines is 1. The molecule has 1 saturated carbocycles. The van der Waals surface area contributed by atoms with Crippen molar-refractivity contribution >= 4 is 33.4 Å². The Bertz CT molecular complexity index is 630. The maximum Gasteiger partial charge on any atom is 0.266 e. The summed E-state index contributed by atoms with van der Waals surface area (Å²) < 4.78 is 27.3. The third-order valence-corrected chi connectivity index (χ3v) is 6.36. The Kier molecular flexibility index (Phi) is 5.17. The lowest BCUT2D eigenvalue weighted by Gasteiger charge is -2.20. The molecule has 20 heavy (non-hydrogen) atoms. The summed E-state index contributed by atoms with van der Waals surface area (Å²) in [7, 11) is -3.65. The highest BCUT2D eigenvalue weighted by Crippen LogP contribution is 2.30. The molecule has 0 amide bonds. The summed E-state index contributed by atoms with van der Waals surface area (Å²) >= 11 is 7.45. The molecule has 1 heterocycles. The highest BCUT2D eigenvalue weighted by atomic mass is 35.5. The van der Waals surface area contributed by atoms with Crippen LogP contribution in [-0.4, -0.2) is 30.4 Å². The second-order valence-corrected chi connectivity index (χ2v) is 8.30. The predicted molar refractivity (Wildman–Crippen MR) is 82.0 cm³/mol. The molecule has 1 aliphatic carbocycles. The summed E-state index contributed by atoms with van der Waals surface area (Å²) in [5.74, 6) is 0.966. The number of hydrogen-bond acceptors (Lipinski definition) is 4. The number of halogens is 1. The second kappa shape index (κ2) is 6.51. The maximum atomic E-state index is 12.3. The SMILES string of the molecule is CCSC1CCCC1NS(=O)(=O)c1c[nH]c(=O)c(Cl)c1. The van der Waals surface area contributed by atoms with Crippen molar-refractivity contribution in [3.63, 3.8) is 0 Å². The summed E-state index contributed by atoms with van der Waals surface area (Å²) in [6.07, 6.45) is 4.07. The average molecular weight is 337 g/mol. The van der Waals surface area contributed by atoms with Crippen LogP contribution in [0.2, 0.25) is 5.02 Å². The van der Waals surface area contributed by atoms with Gasteiger partial charge in [-0.1, -0.05) is 24.9 Å². The van der Waals surface area contributed by atoms with Gasteiger partial charge >= 0.3 is 0 Å². The largest absolute Gasteiger partial charge is 0.326 e. The van der Waals surface area contributed by atoms with E-state index in [2.05, 4.69) is 16.6 Å². The molecule has 2 rings (SSSR count). The number of pyridine rings is 1. The van der Waals surface area contributed by atoms with Gasteiger partial charge in [-0.25, -0.2) is 13.1 Å². The predicted octanol–water partition coefficient (Wildman–Crippen LogP) is 1.98. The van der Waals surface area contributed by atoms with E-state index in [1.165, 1.54) is 12.3 Å². The van der Waals surface area contributed by atoms with Gasteiger partial charge in [0.2, 0.25) is 10.0 Å². The van der Waals surface area contributed by atoms with Crippen molar-refractivity contribution in [3.8, 4) is 0 Å². The zero-order chi connectivity index (χ0) is 14.8. The van der Waals surface area contributed by atoms with E-state index in [9.17, 15) is 13.2 Å². The van der Waals surface area contributed by atoms with E-state index in [1.54, 1.807) is 11.8 Å². The number of aromatic nitrogens is 1. The second-order valence-electron chi connectivity index (χ2n) is 4.66. The molecule has 1 aromatic heterocycles. The van der Waals surface area contributed by atoms with Crippen LogP contribution in [0.15, 0.2) is 22.0 Å². The molecule has 5 nitrogen and oxygen atoms in total. The van der Waals surface area contributed by atoms with Crippen LogP contribution < -0.4 is 10.3 Å². The van der Waals surface area contributed by atoms with Crippen molar-refractivity contribution in [2.24, 2.45) is 0 Å². The number of sulfonamides is 1. The highest BCUT2D eigenvalue weighted by Gasteiger charge is 2.31. The summed E-state index contributed by atoms with van der Waals surface area (Å²) in [5, 5.41) is 0.187. The summed E-state index contributed by atoms with van der Waals surface area (Å²) in [4.78, 5) is 13.5. The molecular formula is C12H17ClN2O3S2. The summed E-state index contributed by atoms with van der Waals surface area (Å²) in [6, 6.07) is 1.12. The van der Waals surface area contributed by atoms with E-state index in [-0.39, 0.29) is 16.0 Å². The molecule has 2 atom stereocenters. The number of nitrogens with one attached hydrogen (secondary N) is 2. The Balaban J connectivity index is 2.18. The third kappa shape index (κ3) is 3.58. The zero-order valence-corrected chi connectivity index (χ0v) is 13.4. The standard InChI is InChI=1S/C12H17ClN2O3S2/c1-2-19-11-5-3-4-10(11)15-20(17,18)8-6-9(13)12(16)14-7-8/h6-7,10-11,15H,2-5H2,1H3,(H,14,16). The maximum absolute atomic E-state index is 12.3. The van der Waals surface area contributed by atoms with E-state index in [1.807, 2.05) is 0 Å². The van der Waals surface area contributed by atoms with Crippen molar-refractivity contribution < 1.29 is 8.42 Å². The topological polar surface area (TPSA) is 79.0 Å². The van der Waals surface area contributed by atoms with Crippen LogP contribution in [0.3, 0.4) is 0 Å². The van der Waals surface area contributed by atoms with Gasteiger partial charge in [-0.3, -0.25) is 4.79 Å². The normalized spacial score (nSPS) is 23.1. The Morgan fingerprint density at radius 1 is 1.50 bits per heavy atom. The zero-order valence-electron chi connectivity index (χ0n) is 11.1. The summed E-state index contributed by atoms with van der Waals surface area (Å²) in [6.45, 7) is 2.07. The lowest BCUT2D eigenvalue weighted by atomic mass is 10.3. The van der Waals surface area contributed by atoms with Gasteiger partial charge in [0.1, 0.15) is 5.02 Å². The molecule has 0 aliphatic heterocycles. The molecule has 0 saturated heterocycles. The Hall–Kier alpha value is -0.500. The van der Waals surface area contributed by atoms with Crippen molar-refractivity contribution in [2.75, 3.05) is 5.75 Å². The molecule has 1 fully saturated rings. The van der Waals surface area contributed by atoms with Gasteiger partial charge in [0.15, 0.2) is 0 Å². The van der Waals surface area contributed by atoms with E-state index in [4.69, 9.17) is 11.6 Å². The third-order valence-electron chi connectivity index (χ3n) is 3.28. The van der Waals surface area contributed by atoms with Crippen LogP contribution in [0.1, 0.15) is 26.2 Å². The van der Waals surface area contributed by atoms with Crippen molar-refractivity contribution in [1.29, 1.82) is 0 Å². The number of rotatable bonds is 5. The van der Waals surface area contributed by atoms with Gasteiger partial charge in [-0.2, -0.15) is 11.8 Å². The quantitative estimate of drug-likeness (QED) is 0.861. The van der Waals surface area contributed by atoms with Gasteiger partial charge in [0, 0.05) is 17.5 Å². The fourth-order valence-corrected chi connectivity index (χ4v) is 5.16. The van der Waals surface area contributed by atoms with E-state index in [0.29, 0.717) is 5.25 Å². The monoisotopic (exact) mass is 336 g/mol. The van der Waals surface area contributed by atoms with Crippen LogP contribution >= 0.6 is 23.4 Å². The van der Waals surface area contributed by atoms with Gasteiger partial charge in [-0.05, 0) is 24.7 Å². The van der Waals surface area contributed by atoms with Crippen LogP contribution in [0.25, 0.3) is 0 Å². The lowest BCUT2D eigenvalue weighted by Crippen LogP contribution is -2.38. The molecule has 112 valence electrons. The molecule has 0 bridgehead atoms. The number of hydrogen-bond donors (Lipinski definition) is 2. The minimum Gasteiger partial charge on any atom is -0.326 e. The molecule has 8 heteroatoms. The van der Waals surface area contributed by atoms with Gasteiger partial charge in [0.25, 0.3) is 5.56 Å². The fourth-order valence-electron chi connectivity index (χ4n) is 2.33. The Morgan fingerprint density at radius 3 is 2.90 bits per heavy atom. The van der Waals surface area contributed by atoms with Crippen molar-refractivity contribution in [3.05, 3.63) is 27.6 Å². The average Bonchev–Trinajstić information content (AvgIpc) is 2.80.